The fraction of sp³-hybridized carbons (Fsp3) is 0.929. The molecule has 0 fully saturated rings. The van der Waals surface area contributed by atoms with Crippen LogP contribution in [0.4, 0.5) is 102 Å². The molecule has 0 saturated heterocycles. The third-order valence-corrected chi connectivity index (χ3v) is 6.69. The molecule has 370 valence electrons. The van der Waals surface area contributed by atoms with Gasteiger partial charge in [-0.25, -0.2) is 9.59 Å². The maximum Gasteiger partial charge on any atom is 0.457 e. The van der Waals surface area contributed by atoms with Gasteiger partial charge in [0.15, 0.2) is 12.2 Å². The third kappa shape index (κ3) is 18.9. The van der Waals surface area contributed by atoms with Crippen molar-refractivity contribution in [3.63, 3.8) is 0 Å². The highest BCUT2D eigenvalue weighted by molar-refractivity contribution is 5.67. The van der Waals surface area contributed by atoms with Crippen LogP contribution in [-0.4, -0.2) is 157 Å². The van der Waals surface area contributed by atoms with E-state index < -0.39 is 130 Å². The zero-order valence-corrected chi connectivity index (χ0v) is 31.5. The minimum absolute atomic E-state index is 0.231. The van der Waals surface area contributed by atoms with E-state index in [0.717, 1.165) is 6.92 Å². The first-order valence-corrected chi connectivity index (χ1v) is 16.3. The lowest BCUT2D eigenvalue weighted by Gasteiger charge is -2.36. The Balaban J connectivity index is 4.79. The van der Waals surface area contributed by atoms with Crippen LogP contribution in [0, 0.1) is 0 Å². The molecule has 0 radical (unpaired) electrons. The number of nitrogens with one attached hydrogen (secondary N) is 2. The van der Waals surface area contributed by atoms with E-state index in [1.54, 1.807) is 5.32 Å². The normalized spacial score (nSPS) is 18.1. The van der Waals surface area contributed by atoms with E-state index in [2.05, 4.69) is 28.4 Å². The topological polar surface area (TPSA) is 141 Å². The zero-order chi connectivity index (χ0) is 49.0. The monoisotopic (exact) mass is 974 g/mol. The number of amides is 2. The Morgan fingerprint density at radius 2 is 0.887 bits per heavy atom. The Morgan fingerprint density at radius 3 is 1.24 bits per heavy atom. The van der Waals surface area contributed by atoms with Crippen molar-refractivity contribution >= 4 is 12.2 Å². The van der Waals surface area contributed by atoms with Gasteiger partial charge < -0.3 is 43.8 Å². The molecule has 0 aromatic heterocycles. The van der Waals surface area contributed by atoms with Crippen LogP contribution in [0.15, 0.2) is 0 Å². The molecule has 0 aromatic carbocycles. The Labute approximate surface area is 334 Å². The highest BCUT2D eigenvalue weighted by atomic mass is 19.4. The van der Waals surface area contributed by atoms with Gasteiger partial charge in [-0.15, -0.1) is 0 Å². The van der Waals surface area contributed by atoms with Gasteiger partial charge >= 0.3 is 67.0 Å². The van der Waals surface area contributed by atoms with Crippen molar-refractivity contribution < 1.29 is 144 Å². The minimum Gasteiger partial charge on any atom is -0.446 e. The van der Waals surface area contributed by atoms with Crippen molar-refractivity contribution in [2.24, 2.45) is 0 Å². The summed E-state index contributed by atoms with van der Waals surface area (Å²) in [6.45, 7) is -5.93. The first kappa shape index (κ1) is 58.8. The van der Waals surface area contributed by atoms with Crippen LogP contribution in [0.3, 0.4) is 0 Å². The number of ether oxygens (including phenoxy) is 9. The Bertz CT molecular complexity index is 1370. The van der Waals surface area contributed by atoms with Crippen LogP contribution < -0.4 is 10.6 Å². The van der Waals surface area contributed by atoms with Crippen molar-refractivity contribution in [1.29, 1.82) is 0 Å². The summed E-state index contributed by atoms with van der Waals surface area (Å²) in [6.07, 6.45) is -57.3. The number of rotatable bonds is 25. The van der Waals surface area contributed by atoms with Gasteiger partial charge in [0.2, 0.25) is 0 Å². The van der Waals surface area contributed by atoms with Crippen LogP contribution in [0.1, 0.15) is 20.8 Å². The highest BCUT2D eigenvalue weighted by Crippen LogP contribution is 2.50. The lowest BCUT2D eigenvalue weighted by molar-refractivity contribution is -0.480. The second-order valence-electron chi connectivity index (χ2n) is 12.2. The molecular weight excluding hydrogens is 939 g/mol. The molecule has 7 unspecified atom stereocenters. The Morgan fingerprint density at radius 1 is 0.516 bits per heavy atom. The molecule has 0 saturated carbocycles. The molecule has 2 amide bonds. The van der Waals surface area contributed by atoms with Crippen LogP contribution in [0.2, 0.25) is 0 Å². The van der Waals surface area contributed by atoms with Crippen molar-refractivity contribution in [1.82, 2.24) is 10.6 Å². The SMILES string of the molecule is COC(F)(C(F)(F)F)C(F)(F)OC(COC(=O)NC(C)COC(C)COCCOCC(C)NC(=O)OCC(OC(F)(F)C(F)(OCC(F)(F)F)C(F)(F)F)C(F)(F)F)C(F)(F)F. The number of alkyl halides is 21. The maximum absolute atomic E-state index is 14.1. The second kappa shape index (κ2) is 22.6. The summed E-state index contributed by atoms with van der Waals surface area (Å²) < 4.78 is 311. The summed E-state index contributed by atoms with van der Waals surface area (Å²) in [6, 6.07) is -2.29. The average molecular weight is 975 g/mol. The Kier molecular flexibility index (Phi) is 21.4. The fourth-order valence-corrected chi connectivity index (χ4v) is 3.67. The summed E-state index contributed by atoms with van der Waals surface area (Å²) in [4.78, 5) is 23.7. The standard InChI is InChI=1S/C28H35F21N2O11/c1-13(50-18(52)58-11-17(22(35,36)37)62-28(48,49)24(39,26(43,44)45)60-12-20(29,30)31)7-55-5-6-56-9-15(3)57-8-14(2)51-19(53)59-10-16(21(32,33)34)61-27(46,47)23(38,54-4)25(40,41)42/h13-17H,5-12H2,1-4H3,(H,50,52)(H,51,53). The van der Waals surface area contributed by atoms with Crippen LogP contribution >= 0.6 is 0 Å². The van der Waals surface area contributed by atoms with Gasteiger partial charge in [0.1, 0.15) is 19.8 Å². The number of hydrogen-bond donors (Lipinski definition) is 2. The number of halogens is 21. The fourth-order valence-electron chi connectivity index (χ4n) is 3.67. The molecule has 0 heterocycles. The molecule has 0 bridgehead atoms. The maximum atomic E-state index is 14.1. The molecule has 0 aliphatic rings. The lowest BCUT2D eigenvalue weighted by atomic mass is 10.2. The number of carbonyl (C=O) groups is 2. The molecule has 62 heavy (non-hydrogen) atoms. The van der Waals surface area contributed by atoms with Gasteiger partial charge in [0.05, 0.1) is 51.2 Å². The van der Waals surface area contributed by atoms with Crippen molar-refractivity contribution in [3.8, 4) is 0 Å². The zero-order valence-electron chi connectivity index (χ0n) is 31.5. The summed E-state index contributed by atoms with van der Waals surface area (Å²) >= 11 is 0. The molecule has 13 nitrogen and oxygen atoms in total. The molecule has 2 N–H and O–H groups in total. The first-order valence-electron chi connectivity index (χ1n) is 16.3. The molecule has 34 heteroatoms. The van der Waals surface area contributed by atoms with E-state index >= 15 is 0 Å². The molecule has 0 spiro atoms. The molecule has 0 rings (SSSR count). The number of alkyl carbamates (subject to hydrolysis) is 2. The quantitative estimate of drug-likeness (QED) is 0.0698. The predicted octanol–water partition coefficient (Wildman–Crippen LogP) is 7.42. The highest BCUT2D eigenvalue weighted by Gasteiger charge is 2.77. The van der Waals surface area contributed by atoms with Crippen LogP contribution in [0.5, 0.6) is 0 Å². The van der Waals surface area contributed by atoms with Gasteiger partial charge in [-0.05, 0) is 20.8 Å². The minimum atomic E-state index is -7.09. The van der Waals surface area contributed by atoms with Crippen molar-refractivity contribution in [2.45, 2.75) is 106 Å². The van der Waals surface area contributed by atoms with E-state index in [0.29, 0.717) is 0 Å². The van der Waals surface area contributed by atoms with Gasteiger partial charge in [0.25, 0.3) is 0 Å². The predicted molar refractivity (Wildman–Crippen MR) is 155 cm³/mol. The first-order chi connectivity index (χ1) is 27.7. The number of hydrogen-bond acceptors (Lipinski definition) is 11. The van der Waals surface area contributed by atoms with E-state index in [1.807, 2.05) is 5.32 Å². The van der Waals surface area contributed by atoms with Gasteiger partial charge in [0, 0.05) is 7.11 Å². The summed E-state index contributed by atoms with van der Waals surface area (Å²) in [5.41, 5.74) is 0. The molecule has 0 aliphatic carbocycles. The van der Waals surface area contributed by atoms with Crippen LogP contribution in [-0.2, 0) is 42.6 Å². The van der Waals surface area contributed by atoms with Gasteiger partial charge in [-0.3, -0.25) is 9.47 Å². The second-order valence-corrected chi connectivity index (χ2v) is 12.2. The van der Waals surface area contributed by atoms with Crippen LogP contribution in [0.25, 0.3) is 0 Å². The number of carbonyl (C=O) groups excluding carboxylic acids is 2. The largest absolute Gasteiger partial charge is 0.457 e. The Hall–Kier alpha value is -3.21. The smallest absolute Gasteiger partial charge is 0.446 e. The third-order valence-electron chi connectivity index (χ3n) is 6.69. The molecule has 0 aliphatic heterocycles. The van der Waals surface area contributed by atoms with Crippen molar-refractivity contribution in [3.05, 3.63) is 0 Å². The van der Waals surface area contributed by atoms with E-state index in [4.69, 9.17) is 14.2 Å². The molecular formula is C28H35F21N2O11. The lowest BCUT2D eigenvalue weighted by Crippen LogP contribution is -2.61. The van der Waals surface area contributed by atoms with E-state index in [9.17, 15) is 102 Å². The summed E-state index contributed by atoms with van der Waals surface area (Å²) in [7, 11) is -0.231. The molecule has 7 atom stereocenters. The number of methoxy groups -OCH3 is 1. The van der Waals surface area contributed by atoms with E-state index in [-0.39, 0.29) is 26.9 Å². The van der Waals surface area contributed by atoms with Gasteiger partial charge in [-0.2, -0.15) is 92.2 Å². The van der Waals surface area contributed by atoms with Gasteiger partial charge in [-0.1, -0.05) is 0 Å². The van der Waals surface area contributed by atoms with Crippen molar-refractivity contribution in [2.75, 3.05) is 60.0 Å². The molecule has 0 aromatic rings. The summed E-state index contributed by atoms with van der Waals surface area (Å²) in [5.74, 6) is -12.8. The summed E-state index contributed by atoms with van der Waals surface area (Å²) in [5, 5.41) is 3.67. The van der Waals surface area contributed by atoms with E-state index in [1.165, 1.54) is 13.8 Å². The average Bonchev–Trinajstić information content (AvgIpc) is 3.08.